The average molecular weight is 404 g/mol. The maximum Gasteiger partial charge on any atom is 0.254 e. The Kier molecular flexibility index (Phi) is 4.03. The fourth-order valence-corrected chi connectivity index (χ4v) is 4.90. The van der Waals surface area contributed by atoms with Crippen LogP contribution in [-0.2, 0) is 17.3 Å². The number of likely N-dealkylation sites (tertiary alicyclic amines) is 1. The molecule has 2 aromatic carbocycles. The fourth-order valence-electron chi connectivity index (χ4n) is 4.90. The van der Waals surface area contributed by atoms with Gasteiger partial charge in [-0.3, -0.25) is 9.59 Å². The molecule has 3 heterocycles. The van der Waals surface area contributed by atoms with Crippen molar-refractivity contribution in [1.29, 1.82) is 0 Å². The van der Waals surface area contributed by atoms with Gasteiger partial charge in [0.25, 0.3) is 5.91 Å². The molecule has 152 valence electrons. The molecule has 1 N–H and O–H groups in total. The standard InChI is InChI=1S/C23H21FN4O2/c1-14-15(6-5-8-17(14)24)21(29)28-12-10-23(19(28)20-25-11-13-27(20)2)16-7-3-4-9-18(16)26-22(23)30/h3-9,11,13,19H,10,12H2,1-2H3,(H,26,30)/t19-,23+/m0/s1. The average Bonchev–Trinajstić information content (AvgIpc) is 3.41. The van der Waals surface area contributed by atoms with Crippen LogP contribution in [0.5, 0.6) is 0 Å². The van der Waals surface area contributed by atoms with E-state index in [9.17, 15) is 14.0 Å². The van der Waals surface area contributed by atoms with Crippen molar-refractivity contribution in [3.8, 4) is 0 Å². The van der Waals surface area contributed by atoms with Crippen LogP contribution in [0.2, 0.25) is 0 Å². The van der Waals surface area contributed by atoms with Crippen LogP contribution < -0.4 is 5.32 Å². The molecule has 3 aromatic rings. The molecular weight excluding hydrogens is 383 g/mol. The van der Waals surface area contributed by atoms with E-state index in [1.165, 1.54) is 12.1 Å². The zero-order valence-electron chi connectivity index (χ0n) is 16.7. The van der Waals surface area contributed by atoms with Crippen molar-refractivity contribution in [2.75, 3.05) is 11.9 Å². The molecule has 2 aliphatic rings. The molecule has 1 fully saturated rings. The highest BCUT2D eigenvalue weighted by Gasteiger charge is 2.60. The van der Waals surface area contributed by atoms with Crippen molar-refractivity contribution in [3.05, 3.63) is 83.2 Å². The van der Waals surface area contributed by atoms with E-state index in [2.05, 4.69) is 10.3 Å². The zero-order chi connectivity index (χ0) is 21.0. The number of para-hydroxylation sites is 1. The van der Waals surface area contributed by atoms with Crippen LogP contribution in [0.1, 0.15) is 39.8 Å². The number of aryl methyl sites for hydroxylation is 1. The number of halogens is 1. The topological polar surface area (TPSA) is 67.2 Å². The molecular formula is C23H21FN4O2. The van der Waals surface area contributed by atoms with Gasteiger partial charge < -0.3 is 14.8 Å². The number of hydrogen-bond acceptors (Lipinski definition) is 3. The molecule has 2 amide bonds. The molecule has 1 saturated heterocycles. The SMILES string of the molecule is Cc1c(F)cccc1C(=O)N1CC[C@]2(C(=O)Nc3ccccc32)[C@@H]1c1nccn1C. The van der Waals surface area contributed by atoms with Gasteiger partial charge in [0.2, 0.25) is 5.91 Å². The number of nitrogens with one attached hydrogen (secondary N) is 1. The van der Waals surface area contributed by atoms with Gasteiger partial charge in [0.05, 0.1) is 0 Å². The second-order valence-corrected chi connectivity index (χ2v) is 7.93. The first-order valence-corrected chi connectivity index (χ1v) is 9.89. The lowest BCUT2D eigenvalue weighted by atomic mass is 9.74. The first kappa shape index (κ1) is 18.5. The summed E-state index contributed by atoms with van der Waals surface area (Å²) in [5.41, 5.74) is 1.30. The van der Waals surface area contributed by atoms with Gasteiger partial charge in [-0.15, -0.1) is 0 Å². The number of anilines is 1. The Bertz CT molecular complexity index is 1190. The number of rotatable bonds is 2. The molecule has 0 aliphatic carbocycles. The van der Waals surface area contributed by atoms with E-state index in [-0.39, 0.29) is 11.8 Å². The molecule has 0 bridgehead atoms. The minimum Gasteiger partial charge on any atom is -0.336 e. The van der Waals surface area contributed by atoms with E-state index < -0.39 is 17.3 Å². The van der Waals surface area contributed by atoms with E-state index in [4.69, 9.17) is 0 Å². The molecule has 0 unspecified atom stereocenters. The monoisotopic (exact) mass is 404 g/mol. The minimum atomic E-state index is -0.938. The Balaban J connectivity index is 1.69. The summed E-state index contributed by atoms with van der Waals surface area (Å²) in [6.45, 7) is 1.97. The molecule has 5 rings (SSSR count). The number of nitrogens with zero attached hydrogens (tertiary/aromatic N) is 3. The predicted molar refractivity (Wildman–Crippen MR) is 109 cm³/mol. The first-order chi connectivity index (χ1) is 14.4. The Morgan fingerprint density at radius 1 is 1.23 bits per heavy atom. The third kappa shape index (κ3) is 2.38. The molecule has 7 heteroatoms. The Labute approximate surface area is 173 Å². The smallest absolute Gasteiger partial charge is 0.254 e. The Hall–Kier alpha value is -3.48. The number of carbonyl (C=O) groups is 2. The summed E-state index contributed by atoms with van der Waals surface area (Å²) in [5.74, 6) is -0.231. The molecule has 2 aliphatic heterocycles. The predicted octanol–water partition coefficient (Wildman–Crippen LogP) is 3.34. The van der Waals surface area contributed by atoms with Crippen molar-refractivity contribution in [2.24, 2.45) is 7.05 Å². The highest BCUT2D eigenvalue weighted by molar-refractivity contribution is 6.08. The lowest BCUT2D eigenvalue weighted by molar-refractivity contribution is -0.121. The fraction of sp³-hybridized carbons (Fsp3) is 0.261. The number of carbonyl (C=O) groups excluding carboxylic acids is 2. The van der Waals surface area contributed by atoms with Crippen molar-refractivity contribution >= 4 is 17.5 Å². The number of amides is 2. The summed E-state index contributed by atoms with van der Waals surface area (Å²) in [5, 5.41) is 2.99. The van der Waals surface area contributed by atoms with Crippen LogP contribution in [-0.4, -0.2) is 32.8 Å². The van der Waals surface area contributed by atoms with Crippen LogP contribution >= 0.6 is 0 Å². The molecule has 0 saturated carbocycles. The number of benzene rings is 2. The molecule has 2 atom stereocenters. The number of aromatic nitrogens is 2. The van der Waals surface area contributed by atoms with Gasteiger partial charge in [0.15, 0.2) is 0 Å². The van der Waals surface area contributed by atoms with E-state index >= 15 is 0 Å². The molecule has 1 spiro atoms. The van der Waals surface area contributed by atoms with Crippen molar-refractivity contribution in [3.63, 3.8) is 0 Å². The molecule has 1 aromatic heterocycles. The van der Waals surface area contributed by atoms with Gasteiger partial charge in [-0.05, 0) is 42.7 Å². The van der Waals surface area contributed by atoms with Crippen molar-refractivity contribution < 1.29 is 14.0 Å². The van der Waals surface area contributed by atoms with E-state index in [0.717, 1.165) is 11.3 Å². The summed E-state index contributed by atoms with van der Waals surface area (Å²) < 4.78 is 16.0. The van der Waals surface area contributed by atoms with Crippen molar-refractivity contribution in [1.82, 2.24) is 14.5 Å². The van der Waals surface area contributed by atoms with Gasteiger partial charge in [-0.25, -0.2) is 9.37 Å². The summed E-state index contributed by atoms with van der Waals surface area (Å²) in [7, 11) is 1.85. The van der Waals surface area contributed by atoms with Gasteiger partial charge >= 0.3 is 0 Å². The second kappa shape index (κ2) is 6.52. The van der Waals surface area contributed by atoms with Gasteiger partial charge in [-0.2, -0.15) is 0 Å². The maximum absolute atomic E-state index is 14.2. The summed E-state index contributed by atoms with van der Waals surface area (Å²) in [6.07, 6.45) is 3.93. The summed E-state index contributed by atoms with van der Waals surface area (Å²) in [4.78, 5) is 33.1. The molecule has 0 radical (unpaired) electrons. The molecule has 6 nitrogen and oxygen atoms in total. The van der Waals surface area contributed by atoms with Crippen LogP contribution in [0, 0.1) is 12.7 Å². The van der Waals surface area contributed by atoms with Crippen LogP contribution in [0.4, 0.5) is 10.1 Å². The lowest BCUT2D eigenvalue weighted by Crippen LogP contribution is -2.44. The number of hydrogen-bond donors (Lipinski definition) is 1. The maximum atomic E-state index is 14.2. The van der Waals surface area contributed by atoms with E-state index in [1.54, 1.807) is 30.3 Å². The number of imidazole rings is 1. The summed E-state index contributed by atoms with van der Waals surface area (Å²) in [6, 6.07) is 11.5. The summed E-state index contributed by atoms with van der Waals surface area (Å²) >= 11 is 0. The van der Waals surface area contributed by atoms with Gasteiger partial charge in [0.1, 0.15) is 23.1 Å². The van der Waals surface area contributed by atoms with Gasteiger partial charge in [-0.1, -0.05) is 24.3 Å². The molecule has 30 heavy (non-hydrogen) atoms. The quantitative estimate of drug-likeness (QED) is 0.712. The second-order valence-electron chi connectivity index (χ2n) is 7.93. The van der Waals surface area contributed by atoms with Crippen LogP contribution in [0.25, 0.3) is 0 Å². The third-order valence-electron chi connectivity index (χ3n) is 6.45. The zero-order valence-corrected chi connectivity index (χ0v) is 16.7. The highest BCUT2D eigenvalue weighted by atomic mass is 19.1. The minimum absolute atomic E-state index is 0.136. The van der Waals surface area contributed by atoms with E-state index in [1.807, 2.05) is 35.9 Å². The normalized spacial score (nSPS) is 22.4. The van der Waals surface area contributed by atoms with Gasteiger partial charge in [0, 0.05) is 37.2 Å². The van der Waals surface area contributed by atoms with E-state index in [0.29, 0.717) is 29.9 Å². The highest BCUT2D eigenvalue weighted by Crippen LogP contribution is 2.54. The van der Waals surface area contributed by atoms with Crippen molar-refractivity contribution in [2.45, 2.75) is 24.8 Å². The number of fused-ring (bicyclic) bond motifs is 2. The van der Waals surface area contributed by atoms with Crippen LogP contribution in [0.3, 0.4) is 0 Å². The Morgan fingerprint density at radius 2 is 2.03 bits per heavy atom. The van der Waals surface area contributed by atoms with Crippen LogP contribution in [0.15, 0.2) is 54.9 Å². The first-order valence-electron chi connectivity index (χ1n) is 9.89. The third-order valence-corrected chi connectivity index (χ3v) is 6.45. The Morgan fingerprint density at radius 3 is 2.80 bits per heavy atom. The lowest BCUT2D eigenvalue weighted by Gasteiger charge is -2.33. The largest absolute Gasteiger partial charge is 0.336 e.